The van der Waals surface area contributed by atoms with Gasteiger partial charge in [-0.05, 0) is 29.2 Å². The number of nitrogens with zero attached hydrogens (tertiary/aromatic N) is 1. The zero-order valence-electron chi connectivity index (χ0n) is 16.3. The Morgan fingerprint density at radius 2 is 1.89 bits per heavy atom. The Morgan fingerprint density at radius 3 is 2.61 bits per heavy atom. The molecule has 6 heteroatoms. The maximum Gasteiger partial charge on any atom is 0.264 e. The molecule has 28 heavy (non-hydrogen) atoms. The van der Waals surface area contributed by atoms with E-state index >= 15 is 0 Å². The van der Waals surface area contributed by atoms with Crippen molar-refractivity contribution >= 4 is 22.4 Å². The van der Waals surface area contributed by atoms with Gasteiger partial charge >= 0.3 is 0 Å². The van der Waals surface area contributed by atoms with Gasteiger partial charge < -0.3 is 9.47 Å². The fourth-order valence-electron chi connectivity index (χ4n) is 2.66. The Bertz CT molecular complexity index is 920. The molecule has 0 saturated carbocycles. The van der Waals surface area contributed by atoms with E-state index in [1.165, 1.54) is 22.5 Å². The second-order valence-corrected chi connectivity index (χ2v) is 7.84. The zero-order valence-corrected chi connectivity index (χ0v) is 17.1. The van der Waals surface area contributed by atoms with Gasteiger partial charge in [0.25, 0.3) is 5.91 Å². The van der Waals surface area contributed by atoms with Gasteiger partial charge in [-0.15, -0.1) is 11.3 Å². The van der Waals surface area contributed by atoms with Gasteiger partial charge in [-0.2, -0.15) is 0 Å². The first-order chi connectivity index (χ1) is 13.5. The van der Waals surface area contributed by atoms with Crippen LogP contribution in [0.3, 0.4) is 0 Å². The third-order valence-corrected chi connectivity index (χ3v) is 5.15. The molecule has 3 rings (SSSR count). The van der Waals surface area contributed by atoms with E-state index < -0.39 is 0 Å². The van der Waals surface area contributed by atoms with E-state index in [1.54, 1.807) is 25.4 Å². The number of aromatic nitrogens is 1. The second-order valence-electron chi connectivity index (χ2n) is 6.72. The van der Waals surface area contributed by atoms with Gasteiger partial charge in [-0.25, -0.2) is 4.98 Å². The van der Waals surface area contributed by atoms with E-state index in [-0.39, 0.29) is 12.5 Å². The molecule has 0 atom stereocenters. The number of carbonyl (C=O) groups is 1. The number of thiazole rings is 1. The molecule has 0 radical (unpaired) electrons. The summed E-state index contributed by atoms with van der Waals surface area (Å²) in [4.78, 5) is 17.5. The van der Waals surface area contributed by atoms with Gasteiger partial charge in [0.15, 0.2) is 11.7 Å². The first-order valence-electron chi connectivity index (χ1n) is 9.13. The normalized spacial score (nSPS) is 10.7. The molecule has 3 aromatic rings. The second kappa shape index (κ2) is 9.37. The molecule has 0 aliphatic carbocycles. The van der Waals surface area contributed by atoms with Crippen LogP contribution >= 0.6 is 11.3 Å². The number of ether oxygens (including phenoxy) is 2. The van der Waals surface area contributed by atoms with Crippen LogP contribution in [0.25, 0.3) is 0 Å². The van der Waals surface area contributed by atoms with Crippen LogP contribution in [0.4, 0.5) is 5.13 Å². The smallest absolute Gasteiger partial charge is 0.264 e. The lowest BCUT2D eigenvalue weighted by atomic mass is 10.0. The lowest BCUT2D eigenvalue weighted by Gasteiger charge is -2.07. The van der Waals surface area contributed by atoms with E-state index in [0.717, 1.165) is 11.3 Å². The number of hydrogen-bond donors (Lipinski definition) is 1. The van der Waals surface area contributed by atoms with Crippen LogP contribution in [0, 0.1) is 0 Å². The highest BCUT2D eigenvalue weighted by Crippen LogP contribution is 2.23. The number of anilines is 1. The molecule has 0 spiro atoms. The zero-order chi connectivity index (χ0) is 19.9. The first-order valence-corrected chi connectivity index (χ1v) is 9.95. The summed E-state index contributed by atoms with van der Waals surface area (Å²) in [6, 6.07) is 15.8. The molecule has 0 aliphatic rings. The highest BCUT2D eigenvalue weighted by molar-refractivity contribution is 7.15. The Labute approximate surface area is 169 Å². The molecule has 1 N–H and O–H groups in total. The van der Waals surface area contributed by atoms with Crippen LogP contribution < -0.4 is 14.8 Å². The molecule has 1 heterocycles. The minimum absolute atomic E-state index is 0.0846. The van der Waals surface area contributed by atoms with Crippen molar-refractivity contribution in [2.75, 3.05) is 19.0 Å². The molecule has 0 aliphatic heterocycles. The van der Waals surface area contributed by atoms with E-state index in [2.05, 4.69) is 48.4 Å². The number of rotatable bonds is 8. The first kappa shape index (κ1) is 19.9. The van der Waals surface area contributed by atoms with Crippen molar-refractivity contribution in [1.82, 2.24) is 4.98 Å². The summed E-state index contributed by atoms with van der Waals surface area (Å²) in [6.45, 7) is 4.29. The highest BCUT2D eigenvalue weighted by atomic mass is 32.1. The topological polar surface area (TPSA) is 60.5 Å². The van der Waals surface area contributed by atoms with Crippen molar-refractivity contribution in [3.8, 4) is 11.5 Å². The molecular formula is C22H24N2O3S. The summed E-state index contributed by atoms with van der Waals surface area (Å²) in [6.07, 6.45) is 2.60. The van der Waals surface area contributed by atoms with E-state index in [1.807, 2.05) is 12.1 Å². The van der Waals surface area contributed by atoms with Crippen molar-refractivity contribution in [3.05, 3.63) is 70.7 Å². The van der Waals surface area contributed by atoms with E-state index in [4.69, 9.17) is 9.47 Å². The van der Waals surface area contributed by atoms with Crippen LogP contribution in [0.2, 0.25) is 0 Å². The summed E-state index contributed by atoms with van der Waals surface area (Å²) in [5.41, 5.74) is 2.56. The quantitative estimate of drug-likeness (QED) is 0.589. The van der Waals surface area contributed by atoms with Crippen molar-refractivity contribution in [3.63, 3.8) is 0 Å². The van der Waals surface area contributed by atoms with Crippen molar-refractivity contribution in [2.45, 2.75) is 26.2 Å². The van der Waals surface area contributed by atoms with Gasteiger partial charge in [-0.3, -0.25) is 10.1 Å². The fourth-order valence-corrected chi connectivity index (χ4v) is 3.53. The van der Waals surface area contributed by atoms with Crippen LogP contribution in [-0.2, 0) is 11.2 Å². The number of hydrogen-bond acceptors (Lipinski definition) is 5. The lowest BCUT2D eigenvalue weighted by molar-refractivity contribution is -0.118. The van der Waals surface area contributed by atoms with Crippen LogP contribution in [0.5, 0.6) is 11.5 Å². The number of benzene rings is 2. The standard InChI is InChI=1S/C22H24N2O3S/c1-15(2)17-9-7-16(8-10-17)11-20-13-23-22(28-20)24-21(25)14-27-19-6-4-5-18(12-19)26-3/h4-10,12-13,15H,11,14H2,1-3H3,(H,23,24,25). The van der Waals surface area contributed by atoms with Crippen LogP contribution in [0.15, 0.2) is 54.7 Å². The molecule has 0 saturated heterocycles. The Morgan fingerprint density at radius 1 is 1.14 bits per heavy atom. The third kappa shape index (κ3) is 5.57. The van der Waals surface area contributed by atoms with Gasteiger partial charge in [0.05, 0.1) is 7.11 Å². The molecule has 1 amide bonds. The number of nitrogens with one attached hydrogen (secondary N) is 1. The number of carbonyl (C=O) groups excluding carboxylic acids is 1. The van der Waals surface area contributed by atoms with Crippen molar-refractivity contribution in [2.24, 2.45) is 0 Å². The highest BCUT2D eigenvalue weighted by Gasteiger charge is 2.09. The number of methoxy groups -OCH3 is 1. The molecule has 1 aromatic heterocycles. The SMILES string of the molecule is COc1cccc(OCC(=O)Nc2ncc(Cc3ccc(C(C)C)cc3)s2)c1. The Hall–Kier alpha value is -2.86. The molecule has 0 unspecified atom stereocenters. The summed E-state index contributed by atoms with van der Waals surface area (Å²) in [5.74, 6) is 1.55. The predicted octanol–water partition coefficient (Wildman–Crippen LogP) is 4.88. The largest absolute Gasteiger partial charge is 0.497 e. The third-order valence-electron chi connectivity index (χ3n) is 4.24. The molecule has 0 fully saturated rings. The molecule has 146 valence electrons. The van der Waals surface area contributed by atoms with Gasteiger partial charge in [0, 0.05) is 23.6 Å². The maximum absolute atomic E-state index is 12.1. The monoisotopic (exact) mass is 396 g/mol. The fraction of sp³-hybridized carbons (Fsp3) is 0.273. The van der Waals surface area contributed by atoms with Gasteiger partial charge in [0.1, 0.15) is 11.5 Å². The Balaban J connectivity index is 1.51. The van der Waals surface area contributed by atoms with Crippen LogP contribution in [-0.4, -0.2) is 24.6 Å². The van der Waals surface area contributed by atoms with Crippen LogP contribution in [0.1, 0.15) is 35.8 Å². The average Bonchev–Trinajstić information content (AvgIpc) is 3.13. The maximum atomic E-state index is 12.1. The summed E-state index contributed by atoms with van der Waals surface area (Å²) >= 11 is 1.48. The molecule has 5 nitrogen and oxygen atoms in total. The van der Waals surface area contributed by atoms with Gasteiger partial charge in [0.2, 0.25) is 0 Å². The van der Waals surface area contributed by atoms with E-state index in [9.17, 15) is 4.79 Å². The van der Waals surface area contributed by atoms with E-state index in [0.29, 0.717) is 22.5 Å². The van der Waals surface area contributed by atoms with Gasteiger partial charge in [-0.1, -0.05) is 44.2 Å². The van der Waals surface area contributed by atoms with Crippen molar-refractivity contribution in [1.29, 1.82) is 0 Å². The van der Waals surface area contributed by atoms with Crippen molar-refractivity contribution < 1.29 is 14.3 Å². The number of amides is 1. The molecule has 2 aromatic carbocycles. The molecular weight excluding hydrogens is 372 g/mol. The predicted molar refractivity (Wildman–Crippen MR) is 113 cm³/mol. The minimum atomic E-state index is -0.245. The summed E-state index contributed by atoms with van der Waals surface area (Å²) in [7, 11) is 1.59. The molecule has 0 bridgehead atoms. The lowest BCUT2D eigenvalue weighted by Crippen LogP contribution is -2.19. The summed E-state index contributed by atoms with van der Waals surface area (Å²) in [5, 5.41) is 3.36. The minimum Gasteiger partial charge on any atom is -0.497 e. The summed E-state index contributed by atoms with van der Waals surface area (Å²) < 4.78 is 10.6. The Kier molecular flexibility index (Phi) is 6.66. The average molecular weight is 397 g/mol.